The van der Waals surface area contributed by atoms with Gasteiger partial charge in [0.1, 0.15) is 5.82 Å². The van der Waals surface area contributed by atoms with Gasteiger partial charge in [0.15, 0.2) is 0 Å². The number of carbonyl (C=O) groups excluding carboxylic acids is 1. The number of benzene rings is 1. The Hall–Kier alpha value is -1.68. The molecule has 1 saturated carbocycles. The highest BCUT2D eigenvalue weighted by atomic mass is 32.1. The third-order valence-corrected chi connectivity index (χ3v) is 5.53. The zero-order valence-corrected chi connectivity index (χ0v) is 12.3. The molecule has 1 radical (unpaired) electrons. The Balaban J connectivity index is 1.65. The van der Waals surface area contributed by atoms with Crippen molar-refractivity contribution < 1.29 is 9.18 Å². The molecule has 4 rings (SSSR count). The fourth-order valence-corrected chi connectivity index (χ4v) is 4.16. The van der Waals surface area contributed by atoms with Crippen LogP contribution in [0, 0.1) is 24.6 Å². The molecule has 1 amide bonds. The van der Waals surface area contributed by atoms with Crippen molar-refractivity contribution in [1.82, 2.24) is 4.90 Å². The van der Waals surface area contributed by atoms with E-state index in [1.165, 1.54) is 29.9 Å². The van der Waals surface area contributed by atoms with Crippen molar-refractivity contribution in [3.63, 3.8) is 0 Å². The molecule has 2 aliphatic rings. The number of amides is 1. The summed E-state index contributed by atoms with van der Waals surface area (Å²) >= 11 is 1.52. The van der Waals surface area contributed by atoms with Crippen molar-refractivity contribution in [3.05, 3.63) is 54.0 Å². The van der Waals surface area contributed by atoms with E-state index in [0.717, 1.165) is 17.0 Å². The maximum absolute atomic E-state index is 13.1. The minimum atomic E-state index is -0.263. The van der Waals surface area contributed by atoms with Gasteiger partial charge in [-0.05, 0) is 54.3 Å². The van der Waals surface area contributed by atoms with E-state index < -0.39 is 0 Å². The number of halogens is 1. The number of hydrogen-bond acceptors (Lipinski definition) is 2. The molecule has 1 aliphatic carbocycles. The van der Waals surface area contributed by atoms with Crippen LogP contribution in [0.3, 0.4) is 0 Å². The second kappa shape index (κ2) is 4.67. The van der Waals surface area contributed by atoms with Gasteiger partial charge in [0.05, 0.1) is 5.56 Å². The molecule has 1 aliphatic heterocycles. The van der Waals surface area contributed by atoms with Crippen molar-refractivity contribution in [3.8, 4) is 10.4 Å². The number of carbonyl (C=O) groups is 1. The quantitative estimate of drug-likeness (QED) is 0.825. The summed E-state index contributed by atoms with van der Waals surface area (Å²) < 4.78 is 13.1. The highest BCUT2D eigenvalue weighted by molar-refractivity contribution is 7.14. The zero-order valence-electron chi connectivity index (χ0n) is 11.5. The van der Waals surface area contributed by atoms with E-state index in [2.05, 4.69) is 6.92 Å². The van der Waals surface area contributed by atoms with Crippen molar-refractivity contribution in [2.45, 2.75) is 12.5 Å². The molecule has 4 heteroatoms. The van der Waals surface area contributed by atoms with Crippen molar-refractivity contribution >= 4 is 17.2 Å². The molecule has 0 unspecified atom stereocenters. The molecule has 0 bridgehead atoms. The lowest BCUT2D eigenvalue weighted by molar-refractivity contribution is 0.0737. The van der Waals surface area contributed by atoms with Crippen LogP contribution in [-0.4, -0.2) is 23.4 Å². The third-order valence-electron chi connectivity index (χ3n) is 4.57. The predicted octanol–water partition coefficient (Wildman–Crippen LogP) is 3.85. The molecule has 3 atom stereocenters. The first-order valence-corrected chi connectivity index (χ1v) is 8.00. The lowest BCUT2D eigenvalue weighted by atomic mass is 10.1. The predicted molar refractivity (Wildman–Crippen MR) is 81.5 cm³/mol. The van der Waals surface area contributed by atoms with Gasteiger partial charge in [-0.25, -0.2) is 4.39 Å². The Morgan fingerprint density at radius 2 is 2.05 bits per heavy atom. The van der Waals surface area contributed by atoms with E-state index in [9.17, 15) is 9.18 Å². The van der Waals surface area contributed by atoms with Gasteiger partial charge in [0, 0.05) is 17.5 Å². The molecule has 21 heavy (non-hydrogen) atoms. The summed E-state index contributed by atoms with van der Waals surface area (Å²) in [5.41, 5.74) is 1.60. The fraction of sp³-hybridized carbons (Fsp3) is 0.294. The molecule has 1 aromatic heterocycles. The number of fused-ring (bicyclic) bond motifs is 1. The van der Waals surface area contributed by atoms with Crippen LogP contribution in [0.1, 0.15) is 16.8 Å². The maximum Gasteiger partial charge on any atom is 0.255 e. The number of nitrogens with zero attached hydrogens (tertiary/aromatic N) is 1. The normalized spacial score (nSPS) is 26.8. The van der Waals surface area contributed by atoms with Crippen molar-refractivity contribution in [2.75, 3.05) is 6.54 Å². The van der Waals surface area contributed by atoms with E-state index in [1.54, 1.807) is 12.1 Å². The van der Waals surface area contributed by atoms with Gasteiger partial charge >= 0.3 is 0 Å². The zero-order chi connectivity index (χ0) is 14.6. The molecule has 2 heterocycles. The maximum atomic E-state index is 13.1. The number of thiophene rings is 1. The monoisotopic (exact) mass is 300 g/mol. The molecule has 1 saturated heterocycles. The molecule has 0 spiro atoms. The van der Waals surface area contributed by atoms with E-state index in [0.29, 0.717) is 17.4 Å². The molecule has 2 aromatic rings. The lowest BCUT2D eigenvalue weighted by Crippen LogP contribution is -2.36. The lowest BCUT2D eigenvalue weighted by Gasteiger charge is -2.24. The van der Waals surface area contributed by atoms with Gasteiger partial charge in [0.25, 0.3) is 5.91 Å². The highest BCUT2D eigenvalue weighted by Gasteiger charge is 2.52. The Kier molecular flexibility index (Phi) is 2.89. The van der Waals surface area contributed by atoms with Gasteiger partial charge in [-0.15, -0.1) is 11.3 Å². The fourth-order valence-electron chi connectivity index (χ4n) is 3.26. The standard InChI is InChI=1S/C17H15FNOS/c1-10-15-8-12(15)9-19(10)17(20)14-6-7-21-16(14)11-2-4-13(18)5-3-11/h2-7,10,12,15H,1,8-9H2/t10-,12-,15+/m0/s1. The molecule has 0 N–H and O–H groups in total. The average molecular weight is 300 g/mol. The van der Waals surface area contributed by atoms with Gasteiger partial charge in [-0.1, -0.05) is 12.1 Å². The Morgan fingerprint density at radius 3 is 2.71 bits per heavy atom. The molecule has 2 nitrogen and oxygen atoms in total. The highest BCUT2D eigenvalue weighted by Crippen LogP contribution is 2.49. The van der Waals surface area contributed by atoms with E-state index in [4.69, 9.17) is 0 Å². The molecular weight excluding hydrogens is 285 g/mol. The number of likely N-dealkylation sites (tertiary alicyclic amines) is 1. The van der Waals surface area contributed by atoms with Crippen LogP contribution in [0.25, 0.3) is 10.4 Å². The van der Waals surface area contributed by atoms with Crippen LogP contribution in [0.5, 0.6) is 0 Å². The van der Waals surface area contributed by atoms with Gasteiger partial charge in [-0.3, -0.25) is 4.79 Å². The minimum absolute atomic E-state index is 0.0581. The number of hydrogen-bond donors (Lipinski definition) is 0. The Bertz CT molecular complexity index is 693. The molecule has 1 aromatic carbocycles. The summed E-state index contributed by atoms with van der Waals surface area (Å²) in [5.74, 6) is 1.05. The van der Waals surface area contributed by atoms with Crippen LogP contribution < -0.4 is 0 Å². The summed E-state index contributed by atoms with van der Waals surface area (Å²) in [7, 11) is 0. The van der Waals surface area contributed by atoms with Crippen molar-refractivity contribution in [1.29, 1.82) is 0 Å². The van der Waals surface area contributed by atoms with Crippen LogP contribution in [0.4, 0.5) is 4.39 Å². The van der Waals surface area contributed by atoms with Crippen LogP contribution in [0.15, 0.2) is 35.7 Å². The topological polar surface area (TPSA) is 20.3 Å². The second-order valence-electron chi connectivity index (χ2n) is 5.85. The Labute approximate surface area is 127 Å². The molecular formula is C17H15FNOS. The van der Waals surface area contributed by atoms with Gasteiger partial charge in [0.2, 0.25) is 0 Å². The van der Waals surface area contributed by atoms with E-state index in [-0.39, 0.29) is 17.8 Å². The summed E-state index contributed by atoms with van der Waals surface area (Å²) in [6.07, 6.45) is 1.21. The number of rotatable bonds is 2. The van der Waals surface area contributed by atoms with Crippen molar-refractivity contribution in [2.24, 2.45) is 11.8 Å². The first kappa shape index (κ1) is 13.0. The summed E-state index contributed by atoms with van der Waals surface area (Å²) in [4.78, 5) is 15.6. The van der Waals surface area contributed by atoms with Gasteiger partial charge in [-0.2, -0.15) is 0 Å². The third kappa shape index (κ3) is 2.09. The summed E-state index contributed by atoms with van der Waals surface area (Å²) in [6.45, 7) is 4.98. The largest absolute Gasteiger partial charge is 0.335 e. The second-order valence-corrected chi connectivity index (χ2v) is 6.77. The van der Waals surface area contributed by atoms with Crippen LogP contribution >= 0.6 is 11.3 Å². The van der Waals surface area contributed by atoms with E-state index in [1.807, 2.05) is 16.3 Å². The van der Waals surface area contributed by atoms with Crippen LogP contribution in [-0.2, 0) is 0 Å². The summed E-state index contributed by atoms with van der Waals surface area (Å²) in [5, 5.41) is 1.92. The molecule has 2 fully saturated rings. The van der Waals surface area contributed by atoms with Crippen LogP contribution in [0.2, 0.25) is 0 Å². The summed E-state index contributed by atoms with van der Waals surface area (Å²) in [6, 6.07) is 8.27. The Morgan fingerprint density at radius 1 is 1.29 bits per heavy atom. The van der Waals surface area contributed by atoms with E-state index >= 15 is 0 Å². The smallest absolute Gasteiger partial charge is 0.255 e. The average Bonchev–Trinajstić information content (AvgIpc) is 2.95. The first-order valence-electron chi connectivity index (χ1n) is 7.12. The molecule has 107 valence electrons. The first-order chi connectivity index (χ1) is 10.1. The minimum Gasteiger partial charge on any atom is -0.335 e. The van der Waals surface area contributed by atoms with Gasteiger partial charge < -0.3 is 4.90 Å². The SMILES string of the molecule is [CH2][C@H]1[C@H]2C[C@H]2CN1C(=O)c1ccsc1-c1ccc(F)cc1. The number of piperidine rings is 1.